The van der Waals surface area contributed by atoms with Gasteiger partial charge < -0.3 is 25.2 Å². The fraction of sp³-hybridized carbons (Fsp3) is 0.357. The van der Waals surface area contributed by atoms with Crippen LogP contribution in [0.3, 0.4) is 0 Å². The van der Waals surface area contributed by atoms with E-state index in [1.807, 2.05) is 25.1 Å². The molecule has 0 spiro atoms. The summed E-state index contributed by atoms with van der Waals surface area (Å²) in [6.07, 6.45) is 6.11. The zero-order chi connectivity index (χ0) is 26.5. The summed E-state index contributed by atoms with van der Waals surface area (Å²) in [5.41, 5.74) is 3.83. The van der Waals surface area contributed by atoms with Crippen LogP contribution < -0.4 is 25.2 Å². The molecule has 0 fully saturated rings. The standard InChI is InChI=1S/C28H34N6O3/c1-18(2)10-12-34-19(3)28(36)33(4)24-17-30-26(14-23(24)34)32-22-9-8-21(13-25(22)37-5)27(35)31-16-20-7-6-11-29-15-20/h6-9,11,13-15,17-19H,10,12,16H2,1-5H3,(H,30,32)(H,31,35). The Morgan fingerprint density at radius 1 is 1.16 bits per heavy atom. The Morgan fingerprint density at radius 3 is 2.68 bits per heavy atom. The van der Waals surface area contributed by atoms with Crippen LogP contribution in [0.5, 0.6) is 5.75 Å². The van der Waals surface area contributed by atoms with E-state index in [2.05, 4.69) is 39.3 Å². The van der Waals surface area contributed by atoms with Crippen LogP contribution in [0, 0.1) is 5.92 Å². The Morgan fingerprint density at radius 2 is 1.97 bits per heavy atom. The molecule has 194 valence electrons. The van der Waals surface area contributed by atoms with Gasteiger partial charge in [-0.15, -0.1) is 0 Å². The highest BCUT2D eigenvalue weighted by Crippen LogP contribution is 2.38. The lowest BCUT2D eigenvalue weighted by molar-refractivity contribution is -0.119. The molecule has 1 aliphatic rings. The second-order valence-electron chi connectivity index (χ2n) is 9.59. The third-order valence-electron chi connectivity index (χ3n) is 6.54. The topological polar surface area (TPSA) is 99.7 Å². The number of hydrogen-bond acceptors (Lipinski definition) is 7. The minimum atomic E-state index is -0.259. The second kappa shape index (κ2) is 11.3. The lowest BCUT2D eigenvalue weighted by atomic mass is 10.1. The predicted octanol–water partition coefficient (Wildman–Crippen LogP) is 4.38. The monoisotopic (exact) mass is 502 g/mol. The van der Waals surface area contributed by atoms with Crippen LogP contribution in [-0.2, 0) is 11.3 Å². The van der Waals surface area contributed by atoms with Gasteiger partial charge in [0, 0.05) is 44.2 Å². The van der Waals surface area contributed by atoms with E-state index in [4.69, 9.17) is 4.74 Å². The smallest absolute Gasteiger partial charge is 0.251 e. The van der Waals surface area contributed by atoms with Gasteiger partial charge in [0.05, 0.1) is 30.4 Å². The number of pyridine rings is 2. The molecule has 0 saturated heterocycles. The van der Waals surface area contributed by atoms with Crippen molar-refractivity contribution in [2.24, 2.45) is 5.92 Å². The van der Waals surface area contributed by atoms with Crippen LogP contribution in [-0.4, -0.2) is 48.5 Å². The predicted molar refractivity (Wildman–Crippen MR) is 146 cm³/mol. The fourth-order valence-corrected chi connectivity index (χ4v) is 4.31. The molecule has 0 aliphatic carbocycles. The molecule has 9 nitrogen and oxygen atoms in total. The van der Waals surface area contributed by atoms with Gasteiger partial charge in [0.1, 0.15) is 17.6 Å². The number of ether oxygens (including phenoxy) is 1. The molecule has 1 unspecified atom stereocenters. The molecule has 37 heavy (non-hydrogen) atoms. The van der Waals surface area contributed by atoms with Crippen molar-refractivity contribution in [1.29, 1.82) is 0 Å². The Bertz CT molecular complexity index is 1260. The van der Waals surface area contributed by atoms with Crippen molar-refractivity contribution in [1.82, 2.24) is 15.3 Å². The molecule has 0 bridgehead atoms. The van der Waals surface area contributed by atoms with Crippen molar-refractivity contribution >= 4 is 34.7 Å². The van der Waals surface area contributed by atoms with Crippen LogP contribution in [0.4, 0.5) is 22.9 Å². The Kier molecular flexibility index (Phi) is 7.91. The molecular weight excluding hydrogens is 468 g/mol. The number of rotatable bonds is 9. The van der Waals surface area contributed by atoms with Crippen LogP contribution in [0.15, 0.2) is 55.0 Å². The number of carbonyl (C=O) groups is 2. The van der Waals surface area contributed by atoms with Crippen LogP contribution >= 0.6 is 0 Å². The largest absolute Gasteiger partial charge is 0.495 e. The van der Waals surface area contributed by atoms with Crippen molar-refractivity contribution < 1.29 is 14.3 Å². The van der Waals surface area contributed by atoms with Gasteiger partial charge in [-0.25, -0.2) is 4.98 Å². The van der Waals surface area contributed by atoms with Crippen molar-refractivity contribution in [3.63, 3.8) is 0 Å². The molecule has 3 heterocycles. The fourth-order valence-electron chi connectivity index (χ4n) is 4.31. The van der Waals surface area contributed by atoms with E-state index in [0.717, 1.165) is 29.9 Å². The summed E-state index contributed by atoms with van der Waals surface area (Å²) in [6.45, 7) is 7.46. The van der Waals surface area contributed by atoms with Gasteiger partial charge in [0.2, 0.25) is 5.91 Å². The number of nitrogens with zero attached hydrogens (tertiary/aromatic N) is 4. The second-order valence-corrected chi connectivity index (χ2v) is 9.59. The summed E-state index contributed by atoms with van der Waals surface area (Å²) in [5.74, 6) is 1.51. The molecule has 1 aliphatic heterocycles. The number of methoxy groups -OCH3 is 1. The van der Waals surface area contributed by atoms with E-state index in [9.17, 15) is 9.59 Å². The molecule has 4 rings (SSSR count). The van der Waals surface area contributed by atoms with Crippen LogP contribution in [0.2, 0.25) is 0 Å². The lowest BCUT2D eigenvalue weighted by Crippen LogP contribution is -2.51. The highest BCUT2D eigenvalue weighted by atomic mass is 16.5. The number of carbonyl (C=O) groups excluding carboxylic acids is 2. The van der Waals surface area contributed by atoms with E-state index in [0.29, 0.717) is 35.3 Å². The number of nitrogens with one attached hydrogen (secondary N) is 2. The van der Waals surface area contributed by atoms with Gasteiger partial charge in [-0.3, -0.25) is 14.6 Å². The normalized spacial score (nSPS) is 15.0. The van der Waals surface area contributed by atoms with Crippen molar-refractivity contribution in [2.75, 3.05) is 35.8 Å². The molecule has 2 amide bonds. The van der Waals surface area contributed by atoms with E-state index >= 15 is 0 Å². The van der Waals surface area contributed by atoms with Gasteiger partial charge in [0.15, 0.2) is 0 Å². The van der Waals surface area contributed by atoms with Gasteiger partial charge in [-0.2, -0.15) is 0 Å². The van der Waals surface area contributed by atoms with Gasteiger partial charge in [-0.1, -0.05) is 19.9 Å². The Balaban J connectivity index is 1.54. The molecular formula is C28H34N6O3. The first kappa shape index (κ1) is 25.9. The van der Waals surface area contributed by atoms with Gasteiger partial charge in [-0.05, 0) is 49.1 Å². The van der Waals surface area contributed by atoms with Crippen molar-refractivity contribution in [3.05, 3.63) is 66.1 Å². The van der Waals surface area contributed by atoms with Crippen LogP contribution in [0.25, 0.3) is 0 Å². The summed E-state index contributed by atoms with van der Waals surface area (Å²) in [7, 11) is 3.35. The number of likely N-dealkylation sites (N-methyl/N-ethyl adjacent to an activating group) is 1. The molecule has 3 aromatic rings. The van der Waals surface area contributed by atoms with Gasteiger partial charge in [0.25, 0.3) is 5.91 Å². The maximum atomic E-state index is 12.8. The number of benzene rings is 1. The summed E-state index contributed by atoms with van der Waals surface area (Å²) in [4.78, 5) is 37.9. The first-order valence-electron chi connectivity index (χ1n) is 12.4. The summed E-state index contributed by atoms with van der Waals surface area (Å²) >= 11 is 0. The summed E-state index contributed by atoms with van der Waals surface area (Å²) < 4.78 is 5.57. The third kappa shape index (κ3) is 5.82. The first-order chi connectivity index (χ1) is 17.8. The molecule has 0 saturated carbocycles. The highest BCUT2D eigenvalue weighted by Gasteiger charge is 2.34. The van der Waals surface area contributed by atoms with Gasteiger partial charge >= 0.3 is 0 Å². The molecule has 0 radical (unpaired) electrons. The zero-order valence-electron chi connectivity index (χ0n) is 22.0. The number of fused-ring (bicyclic) bond motifs is 1. The quantitative estimate of drug-likeness (QED) is 0.448. The minimum Gasteiger partial charge on any atom is -0.495 e. The molecule has 9 heteroatoms. The average Bonchev–Trinajstić information content (AvgIpc) is 2.91. The summed E-state index contributed by atoms with van der Waals surface area (Å²) in [6, 6.07) is 10.7. The maximum Gasteiger partial charge on any atom is 0.251 e. The lowest BCUT2D eigenvalue weighted by Gasteiger charge is -2.40. The zero-order valence-corrected chi connectivity index (χ0v) is 22.0. The Hall–Kier alpha value is -4.14. The Labute approximate surface area is 217 Å². The molecule has 2 N–H and O–H groups in total. The van der Waals surface area contributed by atoms with E-state index in [1.165, 1.54) is 0 Å². The number of anilines is 4. The van der Waals surface area contributed by atoms with E-state index in [-0.39, 0.29) is 17.9 Å². The van der Waals surface area contributed by atoms with Crippen LogP contribution in [0.1, 0.15) is 43.1 Å². The third-order valence-corrected chi connectivity index (χ3v) is 6.54. The van der Waals surface area contributed by atoms with Crippen molar-refractivity contribution in [2.45, 2.75) is 39.8 Å². The maximum absolute atomic E-state index is 12.8. The number of hydrogen-bond donors (Lipinski definition) is 2. The number of amides is 2. The number of aromatic nitrogens is 2. The summed E-state index contributed by atoms with van der Waals surface area (Å²) in [5, 5.41) is 6.22. The average molecular weight is 503 g/mol. The minimum absolute atomic E-state index is 0.0535. The molecule has 2 aromatic heterocycles. The highest BCUT2D eigenvalue weighted by molar-refractivity contribution is 6.05. The first-order valence-corrected chi connectivity index (χ1v) is 12.4. The van der Waals surface area contributed by atoms with E-state index in [1.54, 1.807) is 55.8 Å². The van der Waals surface area contributed by atoms with E-state index < -0.39 is 0 Å². The van der Waals surface area contributed by atoms with Crippen molar-refractivity contribution in [3.8, 4) is 5.75 Å². The SMILES string of the molecule is COc1cc(C(=O)NCc2cccnc2)ccc1Nc1cc2c(cn1)N(C)C(=O)C(C)N2CCC(C)C. The molecule has 1 aromatic carbocycles. The molecule has 1 atom stereocenters.